The summed E-state index contributed by atoms with van der Waals surface area (Å²) < 4.78 is 1.61. The van der Waals surface area contributed by atoms with Crippen molar-refractivity contribution < 1.29 is 0 Å². The molecular weight excluding hydrogens is 208 g/mol. The summed E-state index contributed by atoms with van der Waals surface area (Å²) in [7, 11) is 1.78. The number of nitrogens with zero attached hydrogens (tertiary/aromatic N) is 6. The quantitative estimate of drug-likeness (QED) is 0.579. The molecule has 0 radical (unpaired) electrons. The van der Waals surface area contributed by atoms with Gasteiger partial charge in [0.1, 0.15) is 16.9 Å². The van der Waals surface area contributed by atoms with Gasteiger partial charge >= 0.3 is 0 Å². The lowest BCUT2D eigenvalue weighted by atomic mass is 10.3. The zero-order chi connectivity index (χ0) is 11.1. The Bertz CT molecular complexity index is 651. The van der Waals surface area contributed by atoms with Crippen molar-refractivity contribution in [3.8, 4) is 11.4 Å². The minimum Gasteiger partial charge on any atom is -0.368 e. The number of nitrogens with two attached hydrogens (primary N) is 1. The lowest BCUT2D eigenvalue weighted by Crippen LogP contribution is -2.01. The third-order valence-electron chi connectivity index (χ3n) is 2.26. The summed E-state index contributed by atoms with van der Waals surface area (Å²) in [6.45, 7) is 0. The van der Waals surface area contributed by atoms with E-state index in [1.165, 1.54) is 0 Å². The van der Waals surface area contributed by atoms with Gasteiger partial charge in [0.25, 0.3) is 0 Å². The minimum absolute atomic E-state index is 0.177. The normalized spacial score (nSPS) is 11.1. The van der Waals surface area contributed by atoms with Crippen LogP contribution in [0.25, 0.3) is 22.6 Å². The fourth-order valence-electron chi connectivity index (χ4n) is 1.54. The smallest absolute Gasteiger partial charge is 0.222 e. The highest BCUT2D eigenvalue weighted by molar-refractivity contribution is 5.86. The van der Waals surface area contributed by atoms with Gasteiger partial charge < -0.3 is 10.7 Å². The van der Waals surface area contributed by atoms with Crippen LogP contribution in [0.15, 0.2) is 12.5 Å². The molecule has 0 aliphatic heterocycles. The summed E-state index contributed by atoms with van der Waals surface area (Å²) in [6, 6.07) is 0. The third-order valence-corrected chi connectivity index (χ3v) is 2.26. The molecule has 3 aromatic heterocycles. The number of hydrogen-bond acceptors (Lipinski definition) is 6. The molecule has 0 saturated carbocycles. The maximum Gasteiger partial charge on any atom is 0.222 e. The molecule has 0 saturated heterocycles. The van der Waals surface area contributed by atoms with Crippen molar-refractivity contribution in [3.63, 3.8) is 0 Å². The van der Waals surface area contributed by atoms with Crippen LogP contribution in [0.2, 0.25) is 0 Å². The highest BCUT2D eigenvalue weighted by Gasteiger charge is 2.13. The Morgan fingerprint density at radius 3 is 3.00 bits per heavy atom. The summed E-state index contributed by atoms with van der Waals surface area (Å²) in [5.74, 6) is 0.177. The van der Waals surface area contributed by atoms with Crippen LogP contribution in [0.5, 0.6) is 0 Å². The number of H-pyrrole nitrogens is 1. The average Bonchev–Trinajstić information content (AvgIpc) is 2.84. The first-order valence-electron chi connectivity index (χ1n) is 4.57. The van der Waals surface area contributed by atoms with Gasteiger partial charge in [-0.1, -0.05) is 5.21 Å². The van der Waals surface area contributed by atoms with Crippen LogP contribution >= 0.6 is 0 Å². The standard InChI is InChI=1S/C8H8N8/c1-16-4(2-12-15-16)5-6-7(11-3-10-6)14-8(9)13-5/h2-3H,1H3,(H3,9,10,11,13,14). The lowest BCUT2D eigenvalue weighted by Gasteiger charge is -2.01. The third kappa shape index (κ3) is 1.13. The highest BCUT2D eigenvalue weighted by Crippen LogP contribution is 2.22. The van der Waals surface area contributed by atoms with E-state index in [1.807, 2.05) is 0 Å². The van der Waals surface area contributed by atoms with Crippen molar-refractivity contribution in [2.75, 3.05) is 5.73 Å². The predicted octanol–water partition coefficient (Wildman–Crippen LogP) is -0.269. The Morgan fingerprint density at radius 1 is 1.38 bits per heavy atom. The van der Waals surface area contributed by atoms with Gasteiger partial charge in [0, 0.05) is 7.05 Å². The number of aromatic amines is 1. The van der Waals surface area contributed by atoms with Crippen LogP contribution in [0.4, 0.5) is 5.95 Å². The van der Waals surface area contributed by atoms with Gasteiger partial charge in [0.2, 0.25) is 5.95 Å². The van der Waals surface area contributed by atoms with Crippen LogP contribution in [-0.4, -0.2) is 34.9 Å². The lowest BCUT2D eigenvalue weighted by molar-refractivity contribution is 0.719. The maximum atomic E-state index is 5.61. The molecule has 0 fully saturated rings. The van der Waals surface area contributed by atoms with E-state index in [2.05, 4.69) is 30.2 Å². The molecule has 3 aromatic rings. The summed E-state index contributed by atoms with van der Waals surface area (Å²) in [6.07, 6.45) is 3.16. The van der Waals surface area contributed by atoms with Gasteiger partial charge in [-0.2, -0.15) is 4.98 Å². The summed E-state index contributed by atoms with van der Waals surface area (Å²) in [5.41, 5.74) is 8.27. The number of rotatable bonds is 1. The molecule has 0 unspecified atom stereocenters. The summed E-state index contributed by atoms with van der Waals surface area (Å²) in [4.78, 5) is 15.2. The van der Waals surface area contributed by atoms with E-state index < -0.39 is 0 Å². The van der Waals surface area contributed by atoms with Crippen LogP contribution in [0.3, 0.4) is 0 Å². The Labute approximate surface area is 89.5 Å². The molecule has 8 heteroatoms. The molecule has 16 heavy (non-hydrogen) atoms. The number of aromatic nitrogens is 7. The number of hydrogen-bond donors (Lipinski definition) is 2. The molecule has 0 aromatic carbocycles. The van der Waals surface area contributed by atoms with E-state index in [0.717, 1.165) is 11.2 Å². The molecular formula is C8H8N8. The zero-order valence-electron chi connectivity index (χ0n) is 8.42. The first-order valence-corrected chi connectivity index (χ1v) is 4.57. The van der Waals surface area contributed by atoms with E-state index >= 15 is 0 Å². The van der Waals surface area contributed by atoms with Crippen LogP contribution in [0, 0.1) is 0 Å². The SMILES string of the molecule is Cn1nncc1-c1nc(N)nc2nc[nH]c12. The average molecular weight is 216 g/mol. The minimum atomic E-state index is 0.177. The van der Waals surface area contributed by atoms with Crippen molar-refractivity contribution in [1.29, 1.82) is 0 Å². The van der Waals surface area contributed by atoms with E-state index in [-0.39, 0.29) is 5.95 Å². The number of imidazole rings is 1. The Hall–Kier alpha value is -2.51. The maximum absolute atomic E-state index is 5.61. The van der Waals surface area contributed by atoms with Crippen molar-refractivity contribution in [3.05, 3.63) is 12.5 Å². The van der Waals surface area contributed by atoms with Gasteiger partial charge in [0.05, 0.1) is 12.5 Å². The molecule has 3 heterocycles. The Morgan fingerprint density at radius 2 is 2.25 bits per heavy atom. The number of nitrogens with one attached hydrogen (secondary N) is 1. The number of aryl methyl sites for hydroxylation is 1. The molecule has 0 aliphatic carbocycles. The van der Waals surface area contributed by atoms with Gasteiger partial charge in [-0.15, -0.1) is 5.10 Å². The molecule has 0 amide bonds. The monoisotopic (exact) mass is 216 g/mol. The van der Waals surface area contributed by atoms with Gasteiger partial charge in [-0.3, -0.25) is 0 Å². The van der Waals surface area contributed by atoms with Gasteiger partial charge in [0.15, 0.2) is 5.65 Å². The van der Waals surface area contributed by atoms with Crippen molar-refractivity contribution in [1.82, 2.24) is 34.9 Å². The molecule has 0 atom stereocenters. The fraction of sp³-hybridized carbons (Fsp3) is 0.125. The second-order valence-electron chi connectivity index (χ2n) is 3.27. The molecule has 0 aliphatic rings. The zero-order valence-corrected chi connectivity index (χ0v) is 8.42. The second-order valence-corrected chi connectivity index (χ2v) is 3.27. The Kier molecular flexibility index (Phi) is 1.64. The number of fused-ring (bicyclic) bond motifs is 1. The molecule has 0 bridgehead atoms. The van der Waals surface area contributed by atoms with Crippen molar-refractivity contribution in [2.45, 2.75) is 0 Å². The van der Waals surface area contributed by atoms with Crippen LogP contribution in [-0.2, 0) is 7.05 Å². The van der Waals surface area contributed by atoms with E-state index in [0.29, 0.717) is 11.3 Å². The van der Waals surface area contributed by atoms with E-state index in [1.54, 1.807) is 24.3 Å². The molecule has 3 N–H and O–H groups in total. The van der Waals surface area contributed by atoms with Gasteiger partial charge in [-0.05, 0) is 0 Å². The van der Waals surface area contributed by atoms with Crippen LogP contribution < -0.4 is 5.73 Å². The summed E-state index contributed by atoms with van der Waals surface area (Å²) in [5, 5.41) is 7.64. The first kappa shape index (κ1) is 8.77. The van der Waals surface area contributed by atoms with Crippen molar-refractivity contribution in [2.24, 2.45) is 7.05 Å². The van der Waals surface area contributed by atoms with Crippen LogP contribution in [0.1, 0.15) is 0 Å². The largest absolute Gasteiger partial charge is 0.368 e. The first-order chi connectivity index (χ1) is 7.75. The molecule has 3 rings (SSSR count). The van der Waals surface area contributed by atoms with Crippen molar-refractivity contribution >= 4 is 17.1 Å². The van der Waals surface area contributed by atoms with E-state index in [4.69, 9.17) is 5.73 Å². The topological polar surface area (TPSA) is 111 Å². The molecule has 8 nitrogen and oxygen atoms in total. The van der Waals surface area contributed by atoms with E-state index in [9.17, 15) is 0 Å². The second kappa shape index (κ2) is 2.99. The van der Waals surface area contributed by atoms with Gasteiger partial charge in [-0.25, -0.2) is 14.6 Å². The number of nitrogen functional groups attached to an aromatic ring is 1. The highest BCUT2D eigenvalue weighted by atomic mass is 15.4. The number of anilines is 1. The molecule has 80 valence electrons. The fourth-order valence-corrected chi connectivity index (χ4v) is 1.54. The molecule has 0 spiro atoms. The Balaban J connectivity index is 2.38. The predicted molar refractivity (Wildman–Crippen MR) is 56.1 cm³/mol. The summed E-state index contributed by atoms with van der Waals surface area (Å²) >= 11 is 0.